The maximum Gasteiger partial charge on any atom is 0.201 e. The van der Waals surface area contributed by atoms with E-state index in [2.05, 4.69) is 0 Å². The van der Waals surface area contributed by atoms with Crippen molar-refractivity contribution in [3.05, 3.63) is 215 Å². The number of methoxy groups -OCH3 is 5. The fourth-order valence-electron chi connectivity index (χ4n) is 11.1. The Kier molecular flexibility index (Phi) is 23.0. The van der Waals surface area contributed by atoms with E-state index in [1.165, 1.54) is 84.3 Å². The van der Waals surface area contributed by atoms with E-state index in [1.807, 2.05) is 20.8 Å². The largest absolute Gasteiger partial charge is 0.494 e. The van der Waals surface area contributed by atoms with Gasteiger partial charge in [-0.2, -0.15) is 8.78 Å². The second-order valence-corrected chi connectivity index (χ2v) is 22.4. The lowest BCUT2D eigenvalue weighted by Gasteiger charge is -2.14. The molecule has 12 rings (SSSR count). The van der Waals surface area contributed by atoms with E-state index in [0.717, 1.165) is 6.42 Å². The van der Waals surface area contributed by atoms with Gasteiger partial charge in [0.25, 0.3) is 0 Å². The van der Waals surface area contributed by atoms with Gasteiger partial charge in [-0.15, -0.1) is 0 Å². The summed E-state index contributed by atoms with van der Waals surface area (Å²) in [5.41, 5.74) is 0.242. The van der Waals surface area contributed by atoms with E-state index in [0.29, 0.717) is 67.4 Å². The van der Waals surface area contributed by atoms with Crippen LogP contribution in [0.15, 0.2) is 134 Å². The molecule has 0 aliphatic heterocycles. The maximum absolute atomic E-state index is 14.8. The molecular weight excluding hydrogens is 1270 g/mol. The van der Waals surface area contributed by atoms with Crippen LogP contribution in [0.25, 0.3) is 86.2 Å². The van der Waals surface area contributed by atoms with Crippen LogP contribution in [0.5, 0.6) is 34.5 Å². The summed E-state index contributed by atoms with van der Waals surface area (Å²) < 4.78 is 214. The lowest BCUT2D eigenvalue weighted by atomic mass is 9.97. The van der Waals surface area contributed by atoms with Crippen LogP contribution < -0.4 is 28.4 Å². The highest BCUT2D eigenvalue weighted by Gasteiger charge is 2.25. The summed E-state index contributed by atoms with van der Waals surface area (Å²) >= 11 is 0. The molecule has 0 aliphatic rings. The van der Waals surface area contributed by atoms with Crippen LogP contribution in [-0.2, 0) is 22.3 Å². The van der Waals surface area contributed by atoms with Gasteiger partial charge in [0.15, 0.2) is 92.7 Å². The van der Waals surface area contributed by atoms with Crippen molar-refractivity contribution in [2.45, 2.75) is 53.4 Å². The molecule has 0 N–H and O–H groups in total. The van der Waals surface area contributed by atoms with Gasteiger partial charge >= 0.3 is 0 Å². The second kappa shape index (κ2) is 31.3. The molecule has 0 bridgehead atoms. The number of allylic oxidation sites excluding steroid dienone is 1. The minimum Gasteiger partial charge on any atom is -0.494 e. The summed E-state index contributed by atoms with van der Waals surface area (Å²) in [5.74, 6) is -10.8. The molecule has 12 aromatic carbocycles. The Morgan fingerprint density at radius 1 is 0.333 bits per heavy atom. The Morgan fingerprint density at radius 2 is 0.656 bits per heavy atom. The molecule has 0 saturated heterocycles. The zero-order chi connectivity index (χ0) is 69.2. The van der Waals surface area contributed by atoms with E-state index >= 15 is 0 Å². The Balaban J connectivity index is 0.000000151. The molecule has 0 amide bonds. The van der Waals surface area contributed by atoms with Crippen LogP contribution in [-0.4, -0.2) is 62.0 Å². The highest BCUT2D eigenvalue weighted by molar-refractivity contribution is 6.12. The molecule has 0 aliphatic carbocycles. The van der Waals surface area contributed by atoms with Crippen LogP contribution in [0.1, 0.15) is 51.7 Å². The third-order valence-electron chi connectivity index (χ3n) is 16.0. The number of benzene rings is 12. The predicted octanol–water partition coefficient (Wildman–Crippen LogP) is 21.2. The van der Waals surface area contributed by atoms with Crippen molar-refractivity contribution >= 4 is 86.2 Å². The van der Waals surface area contributed by atoms with Crippen molar-refractivity contribution < 1.29 is 90.6 Å². The number of hydrogen-bond donors (Lipinski definition) is 0. The van der Waals surface area contributed by atoms with Gasteiger partial charge in [-0.3, -0.25) is 0 Å². The number of fused-ring (bicyclic) bond motifs is 12. The SMILES string of the molecule is C/C=C/Oc1cc2ccc3cc(CCOC)c(F)c(F)c3c2c(F)c1F.CCCOc1ccc2c(ccc3c(F)c(OC)ccc32)c1F.COCCc1cc2ccc3cc(OCCC(C)C)c(F)c(F)c3c2c(F)c1F.COc1ccc2c(ccc3c(F)c(OC)ccc32)c1F. The van der Waals surface area contributed by atoms with Gasteiger partial charge in [-0.25, -0.2) is 43.9 Å². The van der Waals surface area contributed by atoms with Gasteiger partial charge in [0.05, 0.1) is 54.0 Å². The van der Waals surface area contributed by atoms with Crippen LogP contribution in [0.4, 0.5) is 52.7 Å². The molecule has 8 nitrogen and oxygen atoms in total. The number of rotatable bonds is 18. The zero-order valence-corrected chi connectivity index (χ0v) is 53.7. The minimum atomic E-state index is -1.28. The molecule has 0 radical (unpaired) electrons. The molecule has 96 heavy (non-hydrogen) atoms. The first kappa shape index (κ1) is 70.7. The van der Waals surface area contributed by atoms with Crippen LogP contribution in [0.2, 0.25) is 0 Å². The third-order valence-corrected chi connectivity index (χ3v) is 16.0. The van der Waals surface area contributed by atoms with Gasteiger partial charge in [0.1, 0.15) is 0 Å². The summed E-state index contributed by atoms with van der Waals surface area (Å²) in [6.45, 7) is 8.72. The highest BCUT2D eigenvalue weighted by atomic mass is 19.2. The summed E-state index contributed by atoms with van der Waals surface area (Å²) in [5, 5.41) is 4.07. The van der Waals surface area contributed by atoms with Crippen molar-refractivity contribution in [1.82, 2.24) is 0 Å². The van der Waals surface area contributed by atoms with Crippen molar-refractivity contribution in [2.24, 2.45) is 5.92 Å². The Bertz CT molecular complexity index is 4840. The molecule has 0 saturated carbocycles. The van der Waals surface area contributed by atoms with Crippen LogP contribution in [0, 0.1) is 75.7 Å². The first-order chi connectivity index (χ1) is 46.2. The Labute approximate surface area is 545 Å². The molecule has 12 aromatic rings. The van der Waals surface area contributed by atoms with E-state index in [-0.39, 0.29) is 116 Å². The van der Waals surface area contributed by atoms with Gasteiger partial charge in [-0.1, -0.05) is 75.4 Å². The van der Waals surface area contributed by atoms with E-state index in [1.54, 1.807) is 91.9 Å². The zero-order valence-electron chi connectivity index (χ0n) is 53.7. The molecular formula is C76H66F12O8. The topological polar surface area (TPSA) is 73.8 Å². The summed E-state index contributed by atoms with van der Waals surface area (Å²) in [4.78, 5) is 0. The first-order valence-electron chi connectivity index (χ1n) is 30.4. The van der Waals surface area contributed by atoms with Crippen molar-refractivity contribution in [3.8, 4) is 34.5 Å². The maximum atomic E-state index is 14.8. The van der Waals surface area contributed by atoms with Crippen molar-refractivity contribution in [2.75, 3.05) is 62.0 Å². The van der Waals surface area contributed by atoms with Gasteiger partial charge in [0, 0.05) is 57.3 Å². The molecule has 0 spiro atoms. The van der Waals surface area contributed by atoms with Gasteiger partial charge < -0.3 is 37.9 Å². The standard InChI is InChI=1S/C22H22F4O2.C20H16F4O2.C18H16F2O2.C16H12F2O2/c1-12(2)6-9-28-16-11-14-5-4-13-10-15(7-8-27-3)19(23)21(25)17(13)18(14)22(26)20(16)24;1-3-7-26-14-10-12-5-4-11-9-13(6-8-25-2)17(21)19(23)15(11)16(12)20(24)18(14)22;1-3-10-22-16-9-7-12-11-6-8-15(21-2)17(19)13(11)4-5-14(12)18(16)20;1-19-13-7-5-9-10-6-8-14(20-2)16(18)12(10)4-3-11(9)15(13)17/h4-5,10-12H,6-9H2,1-3H3;3-5,7,9-10H,6,8H2,1-2H3;4-9H,3,10H2,1-2H3;3-8H,1-2H3/b;7-3+;;. The van der Waals surface area contributed by atoms with Crippen molar-refractivity contribution in [3.63, 3.8) is 0 Å². The third kappa shape index (κ3) is 14.3. The van der Waals surface area contributed by atoms with E-state index < -0.39 is 69.8 Å². The predicted molar refractivity (Wildman–Crippen MR) is 352 cm³/mol. The smallest absolute Gasteiger partial charge is 0.201 e. The summed E-state index contributed by atoms with van der Waals surface area (Å²) in [6, 6.07) is 31.0. The van der Waals surface area contributed by atoms with Gasteiger partial charge in [-0.05, 0) is 166 Å². The number of halogens is 12. The Hall–Kier alpha value is -9.66. The molecule has 0 fully saturated rings. The van der Waals surface area contributed by atoms with Crippen molar-refractivity contribution in [1.29, 1.82) is 0 Å². The number of ether oxygens (including phenoxy) is 8. The monoisotopic (exact) mass is 1330 g/mol. The lowest BCUT2D eigenvalue weighted by molar-refractivity contribution is 0.201. The molecule has 502 valence electrons. The lowest BCUT2D eigenvalue weighted by Crippen LogP contribution is -2.05. The quantitative estimate of drug-likeness (QED) is 0.0478. The summed E-state index contributed by atoms with van der Waals surface area (Å²) in [7, 11) is 7.16. The van der Waals surface area contributed by atoms with E-state index in [4.69, 9.17) is 37.9 Å². The van der Waals surface area contributed by atoms with Crippen LogP contribution >= 0.6 is 0 Å². The first-order valence-corrected chi connectivity index (χ1v) is 30.4. The highest BCUT2D eigenvalue weighted by Crippen LogP contribution is 2.41. The average molecular weight is 1340 g/mol. The average Bonchev–Trinajstić information content (AvgIpc) is 0.766. The molecule has 0 atom stereocenters. The normalized spacial score (nSPS) is 11.4. The molecule has 20 heteroatoms. The molecule has 0 heterocycles. The van der Waals surface area contributed by atoms with Crippen LogP contribution in [0.3, 0.4) is 0 Å². The summed E-state index contributed by atoms with van der Waals surface area (Å²) in [6.07, 6.45) is 4.54. The molecule has 0 aromatic heterocycles. The fraction of sp³-hybridized carbons (Fsp3) is 0.237. The fourth-order valence-corrected chi connectivity index (χ4v) is 11.1. The second-order valence-electron chi connectivity index (χ2n) is 22.4. The van der Waals surface area contributed by atoms with Gasteiger partial charge in [0.2, 0.25) is 11.6 Å². The number of hydrogen-bond acceptors (Lipinski definition) is 8. The minimum absolute atomic E-state index is 0.116. The van der Waals surface area contributed by atoms with E-state index in [9.17, 15) is 52.7 Å². The molecule has 0 unspecified atom stereocenters. The Morgan fingerprint density at radius 3 is 1.01 bits per heavy atom.